The standard InChI is InChI=1S/C18H18FNO4S/c1-18(10-24-11-18)12-25(22,23)16-4-2-3-13(9-16)17(21)20-15-7-5-14(19)6-8-15/h2-9H,10-12H2,1H3,(H,20,21). The number of benzene rings is 2. The summed E-state index contributed by atoms with van der Waals surface area (Å²) in [5.74, 6) is -0.885. The van der Waals surface area contributed by atoms with Crippen LogP contribution in [0, 0.1) is 11.2 Å². The summed E-state index contributed by atoms with van der Waals surface area (Å²) in [7, 11) is -3.52. The second-order valence-corrected chi connectivity index (χ2v) is 8.54. The number of rotatable bonds is 5. The molecule has 2 aromatic carbocycles. The van der Waals surface area contributed by atoms with Gasteiger partial charge in [-0.15, -0.1) is 0 Å². The maximum Gasteiger partial charge on any atom is 0.255 e. The molecule has 1 heterocycles. The van der Waals surface area contributed by atoms with Crippen molar-refractivity contribution in [1.82, 2.24) is 0 Å². The van der Waals surface area contributed by atoms with Crippen LogP contribution in [0.2, 0.25) is 0 Å². The van der Waals surface area contributed by atoms with E-state index >= 15 is 0 Å². The molecular weight excluding hydrogens is 345 g/mol. The molecule has 0 bridgehead atoms. The minimum Gasteiger partial charge on any atom is -0.380 e. The van der Waals surface area contributed by atoms with Crippen LogP contribution < -0.4 is 5.32 Å². The molecule has 0 saturated carbocycles. The summed E-state index contributed by atoms with van der Waals surface area (Å²) in [6.07, 6.45) is 0. The molecule has 1 saturated heterocycles. The van der Waals surface area contributed by atoms with E-state index in [1.165, 1.54) is 48.5 Å². The molecule has 1 fully saturated rings. The van der Waals surface area contributed by atoms with E-state index in [1.807, 2.05) is 6.92 Å². The minimum atomic E-state index is -3.52. The van der Waals surface area contributed by atoms with Crippen molar-refractivity contribution in [3.05, 3.63) is 59.9 Å². The molecule has 0 spiro atoms. The maximum absolute atomic E-state index is 12.9. The molecule has 1 aliphatic heterocycles. The average Bonchev–Trinajstić information content (AvgIpc) is 2.55. The van der Waals surface area contributed by atoms with Gasteiger partial charge in [0.05, 0.1) is 23.9 Å². The van der Waals surface area contributed by atoms with Crippen molar-refractivity contribution in [3.63, 3.8) is 0 Å². The van der Waals surface area contributed by atoms with Crippen molar-refractivity contribution in [3.8, 4) is 0 Å². The number of anilines is 1. The van der Waals surface area contributed by atoms with Crippen LogP contribution >= 0.6 is 0 Å². The fourth-order valence-corrected chi connectivity index (χ4v) is 4.49. The van der Waals surface area contributed by atoms with Crippen LogP contribution in [0.25, 0.3) is 0 Å². The van der Waals surface area contributed by atoms with Crippen molar-refractivity contribution < 1.29 is 22.3 Å². The van der Waals surface area contributed by atoms with Crippen LogP contribution in [0.3, 0.4) is 0 Å². The molecule has 2 aromatic rings. The topological polar surface area (TPSA) is 72.5 Å². The van der Waals surface area contributed by atoms with Crippen molar-refractivity contribution in [2.24, 2.45) is 5.41 Å². The maximum atomic E-state index is 12.9. The number of sulfone groups is 1. The molecular formula is C18H18FNO4S. The Labute approximate surface area is 145 Å². The van der Waals surface area contributed by atoms with Gasteiger partial charge in [-0.1, -0.05) is 13.0 Å². The third kappa shape index (κ3) is 4.05. The Morgan fingerprint density at radius 3 is 2.48 bits per heavy atom. The predicted molar refractivity (Wildman–Crippen MR) is 91.8 cm³/mol. The summed E-state index contributed by atoms with van der Waals surface area (Å²) < 4.78 is 43.2. The van der Waals surface area contributed by atoms with E-state index in [9.17, 15) is 17.6 Å². The Kier molecular flexibility index (Phi) is 4.62. The third-order valence-corrected chi connectivity index (χ3v) is 6.05. The molecule has 3 rings (SSSR count). The summed E-state index contributed by atoms with van der Waals surface area (Å²) >= 11 is 0. The van der Waals surface area contributed by atoms with Crippen LogP contribution in [0.4, 0.5) is 10.1 Å². The largest absolute Gasteiger partial charge is 0.380 e. The number of carbonyl (C=O) groups is 1. The van der Waals surface area contributed by atoms with E-state index < -0.39 is 21.6 Å². The minimum absolute atomic E-state index is 0.0248. The van der Waals surface area contributed by atoms with Gasteiger partial charge >= 0.3 is 0 Å². The Bertz CT molecular complexity index is 890. The van der Waals surface area contributed by atoms with E-state index in [0.717, 1.165) is 0 Å². The second-order valence-electron chi connectivity index (χ2n) is 6.55. The smallest absolute Gasteiger partial charge is 0.255 e. The number of nitrogens with one attached hydrogen (secondary N) is 1. The molecule has 132 valence electrons. The Balaban J connectivity index is 1.78. The van der Waals surface area contributed by atoms with E-state index in [2.05, 4.69) is 5.32 Å². The van der Waals surface area contributed by atoms with Crippen LogP contribution in [-0.4, -0.2) is 33.3 Å². The number of hydrogen-bond acceptors (Lipinski definition) is 4. The number of amides is 1. The fourth-order valence-electron chi connectivity index (χ4n) is 2.64. The zero-order chi connectivity index (χ0) is 18.1. The van der Waals surface area contributed by atoms with Gasteiger partial charge < -0.3 is 10.1 Å². The van der Waals surface area contributed by atoms with Crippen molar-refractivity contribution in [1.29, 1.82) is 0 Å². The molecule has 0 atom stereocenters. The van der Waals surface area contributed by atoms with Crippen LogP contribution in [0.15, 0.2) is 53.4 Å². The lowest BCUT2D eigenvalue weighted by Gasteiger charge is -2.37. The average molecular weight is 363 g/mol. The van der Waals surface area contributed by atoms with Crippen molar-refractivity contribution in [2.45, 2.75) is 11.8 Å². The molecule has 0 aromatic heterocycles. The van der Waals surface area contributed by atoms with Crippen LogP contribution in [0.1, 0.15) is 17.3 Å². The SMILES string of the molecule is CC1(CS(=O)(=O)c2cccc(C(=O)Nc3ccc(F)cc3)c2)COC1. The monoisotopic (exact) mass is 363 g/mol. The molecule has 1 amide bonds. The first kappa shape index (κ1) is 17.6. The predicted octanol–water partition coefficient (Wildman–Crippen LogP) is 2.89. The van der Waals surface area contributed by atoms with Gasteiger partial charge in [-0.25, -0.2) is 12.8 Å². The zero-order valence-corrected chi connectivity index (χ0v) is 14.5. The molecule has 1 N–H and O–H groups in total. The van der Waals surface area contributed by atoms with Gasteiger partial charge in [-0.05, 0) is 42.5 Å². The highest BCUT2D eigenvalue weighted by Crippen LogP contribution is 2.30. The Hall–Kier alpha value is -2.25. The summed E-state index contributed by atoms with van der Waals surface area (Å²) in [5.41, 5.74) is 0.268. The lowest BCUT2D eigenvalue weighted by Crippen LogP contribution is -2.45. The van der Waals surface area contributed by atoms with Gasteiger partial charge in [0.1, 0.15) is 5.82 Å². The Morgan fingerprint density at radius 2 is 1.88 bits per heavy atom. The van der Waals surface area contributed by atoms with E-state index in [1.54, 1.807) is 0 Å². The van der Waals surface area contributed by atoms with Crippen molar-refractivity contribution >= 4 is 21.4 Å². The van der Waals surface area contributed by atoms with E-state index in [0.29, 0.717) is 18.9 Å². The molecule has 5 nitrogen and oxygen atoms in total. The van der Waals surface area contributed by atoms with Gasteiger partial charge in [-0.2, -0.15) is 0 Å². The molecule has 7 heteroatoms. The second kappa shape index (κ2) is 6.57. The Morgan fingerprint density at radius 1 is 1.20 bits per heavy atom. The zero-order valence-electron chi connectivity index (χ0n) is 13.7. The van der Waals surface area contributed by atoms with Crippen LogP contribution in [0.5, 0.6) is 0 Å². The summed E-state index contributed by atoms with van der Waals surface area (Å²) in [4.78, 5) is 12.4. The van der Waals surface area contributed by atoms with Crippen molar-refractivity contribution in [2.75, 3.05) is 24.3 Å². The van der Waals surface area contributed by atoms with E-state index in [4.69, 9.17) is 4.74 Å². The first-order chi connectivity index (χ1) is 11.8. The summed E-state index contributed by atoms with van der Waals surface area (Å²) in [6, 6.07) is 11.2. The number of ether oxygens (including phenoxy) is 1. The first-order valence-corrected chi connectivity index (χ1v) is 9.40. The highest BCUT2D eigenvalue weighted by Gasteiger charge is 2.38. The highest BCUT2D eigenvalue weighted by molar-refractivity contribution is 7.91. The fraction of sp³-hybridized carbons (Fsp3) is 0.278. The van der Waals surface area contributed by atoms with Gasteiger partial charge in [0.2, 0.25) is 0 Å². The molecule has 0 radical (unpaired) electrons. The highest BCUT2D eigenvalue weighted by atomic mass is 32.2. The molecule has 0 aliphatic carbocycles. The number of halogens is 1. The third-order valence-electron chi connectivity index (χ3n) is 4.00. The lowest BCUT2D eigenvalue weighted by atomic mass is 9.92. The van der Waals surface area contributed by atoms with Gasteiger partial charge in [0.15, 0.2) is 9.84 Å². The summed E-state index contributed by atoms with van der Waals surface area (Å²) in [6.45, 7) is 2.69. The molecule has 0 unspecified atom stereocenters. The molecule has 25 heavy (non-hydrogen) atoms. The van der Waals surface area contributed by atoms with Crippen LogP contribution in [-0.2, 0) is 14.6 Å². The normalized spacial score (nSPS) is 16.1. The number of hydrogen-bond donors (Lipinski definition) is 1. The summed E-state index contributed by atoms with van der Waals surface area (Å²) in [5, 5.41) is 2.61. The quantitative estimate of drug-likeness (QED) is 0.887. The van der Waals surface area contributed by atoms with E-state index in [-0.39, 0.29) is 21.6 Å². The molecule has 1 aliphatic rings. The number of carbonyl (C=O) groups excluding carboxylic acids is 1. The van der Waals surface area contributed by atoms with Gasteiger partial charge in [0, 0.05) is 16.7 Å². The first-order valence-electron chi connectivity index (χ1n) is 7.75. The van der Waals surface area contributed by atoms with Gasteiger partial charge in [0.25, 0.3) is 5.91 Å². The lowest BCUT2D eigenvalue weighted by molar-refractivity contribution is -0.0870. The van der Waals surface area contributed by atoms with Gasteiger partial charge in [-0.3, -0.25) is 4.79 Å².